The predicted octanol–water partition coefficient (Wildman–Crippen LogP) is 5.95. The molecule has 0 aliphatic rings. The van der Waals surface area contributed by atoms with E-state index < -0.39 is 17.9 Å². The minimum atomic E-state index is -4.49. The van der Waals surface area contributed by atoms with Crippen molar-refractivity contribution in [1.82, 2.24) is 0 Å². The van der Waals surface area contributed by atoms with Gasteiger partial charge in [-0.05, 0) is 29.3 Å². The summed E-state index contributed by atoms with van der Waals surface area (Å²) < 4.78 is 40.2. The van der Waals surface area contributed by atoms with Crippen LogP contribution in [0.15, 0.2) is 77.8 Å². The van der Waals surface area contributed by atoms with E-state index in [4.69, 9.17) is 0 Å². The third-order valence-electron chi connectivity index (χ3n) is 3.89. The molecule has 0 radical (unpaired) electrons. The molecular weight excluding hydrogens is 311 g/mol. The molecule has 0 bridgehead atoms. The molecule has 3 aromatic rings. The van der Waals surface area contributed by atoms with Crippen molar-refractivity contribution < 1.29 is 13.2 Å². The maximum absolute atomic E-state index is 13.4. The first-order chi connectivity index (χ1) is 11.4. The summed E-state index contributed by atoms with van der Waals surface area (Å²) in [7, 11) is 0. The van der Waals surface area contributed by atoms with Crippen molar-refractivity contribution in [3.8, 4) is 0 Å². The number of fused-ring (bicyclic) bond motifs is 1. The van der Waals surface area contributed by atoms with Gasteiger partial charge in [0, 0.05) is 5.56 Å². The van der Waals surface area contributed by atoms with Gasteiger partial charge < -0.3 is 0 Å². The Morgan fingerprint density at radius 2 is 1.46 bits per heavy atom. The number of alkyl halides is 3. The zero-order valence-electron chi connectivity index (χ0n) is 13.1. The van der Waals surface area contributed by atoms with Crippen LogP contribution in [0.2, 0.25) is 0 Å². The summed E-state index contributed by atoms with van der Waals surface area (Å²) in [6, 6.07) is 20.5. The molecule has 0 aliphatic carbocycles. The smallest absolute Gasteiger partial charge is 0.272 e. The van der Waals surface area contributed by atoms with E-state index in [1.54, 1.807) is 25.1 Å². The largest absolute Gasteiger partial charge is 0.433 e. The second-order valence-corrected chi connectivity index (χ2v) is 5.62. The predicted molar refractivity (Wildman–Crippen MR) is 91.4 cm³/mol. The van der Waals surface area contributed by atoms with Gasteiger partial charge in [-0.25, -0.2) is 0 Å². The normalized spacial score (nSPS) is 13.9. The maximum Gasteiger partial charge on any atom is 0.433 e. The Hall–Kier alpha value is -2.62. The van der Waals surface area contributed by atoms with Gasteiger partial charge in [0.15, 0.2) is 0 Å². The minimum Gasteiger partial charge on any atom is -0.272 e. The molecule has 0 aromatic heterocycles. The van der Waals surface area contributed by atoms with Crippen LogP contribution < -0.4 is 0 Å². The van der Waals surface area contributed by atoms with Crippen LogP contribution in [0, 0.1) is 0 Å². The maximum atomic E-state index is 13.4. The van der Waals surface area contributed by atoms with Crippen LogP contribution in [0.1, 0.15) is 24.1 Å². The zero-order chi connectivity index (χ0) is 17.2. The van der Waals surface area contributed by atoms with Crippen molar-refractivity contribution in [3.05, 3.63) is 83.9 Å². The summed E-state index contributed by atoms with van der Waals surface area (Å²) in [6.07, 6.45) is -4.49. The summed E-state index contributed by atoms with van der Waals surface area (Å²) >= 11 is 0. The Bertz CT molecular complexity index is 867. The molecule has 1 nitrogen and oxygen atoms in total. The molecule has 1 unspecified atom stereocenters. The summed E-state index contributed by atoms with van der Waals surface area (Å²) in [4.78, 5) is 3.99. The lowest BCUT2D eigenvalue weighted by Gasteiger charge is -2.15. The number of nitrogens with zero attached hydrogens (tertiary/aromatic N) is 1. The fraction of sp³-hybridized carbons (Fsp3) is 0.150. The van der Waals surface area contributed by atoms with Crippen LogP contribution in [-0.4, -0.2) is 11.9 Å². The zero-order valence-corrected chi connectivity index (χ0v) is 13.1. The number of halogens is 3. The number of rotatable bonds is 3. The quantitative estimate of drug-likeness (QED) is 0.527. The number of hydrogen-bond donors (Lipinski definition) is 0. The molecule has 0 aliphatic heterocycles. The van der Waals surface area contributed by atoms with Crippen LogP contribution in [0.3, 0.4) is 0 Å². The van der Waals surface area contributed by atoms with Crippen LogP contribution in [0.25, 0.3) is 10.8 Å². The number of hydrogen-bond acceptors (Lipinski definition) is 1. The summed E-state index contributed by atoms with van der Waals surface area (Å²) in [5, 5.41) is 2.04. The molecule has 0 amide bonds. The Balaban J connectivity index is 2.02. The minimum absolute atomic E-state index is 0.0811. The van der Waals surface area contributed by atoms with E-state index in [1.165, 1.54) is 12.1 Å². The highest BCUT2D eigenvalue weighted by molar-refractivity contribution is 6.04. The first-order valence-corrected chi connectivity index (χ1v) is 7.64. The number of benzene rings is 3. The topological polar surface area (TPSA) is 12.4 Å². The SMILES string of the molecule is CC(N=C(c1ccccc1)C(F)(F)F)c1ccc2ccccc2c1. The van der Waals surface area contributed by atoms with E-state index >= 15 is 0 Å². The molecule has 0 heterocycles. The molecule has 122 valence electrons. The van der Waals surface area contributed by atoms with Gasteiger partial charge in [-0.3, -0.25) is 4.99 Å². The fourth-order valence-electron chi connectivity index (χ4n) is 2.64. The molecule has 1 atom stereocenters. The van der Waals surface area contributed by atoms with Crippen molar-refractivity contribution in [1.29, 1.82) is 0 Å². The Labute approximate surface area is 138 Å². The second-order valence-electron chi connectivity index (χ2n) is 5.62. The molecule has 0 spiro atoms. The van der Waals surface area contributed by atoms with E-state index in [9.17, 15) is 13.2 Å². The molecular formula is C20H16F3N. The third-order valence-corrected chi connectivity index (χ3v) is 3.89. The van der Waals surface area contributed by atoms with Crippen LogP contribution >= 0.6 is 0 Å². The van der Waals surface area contributed by atoms with Crippen molar-refractivity contribution in [3.63, 3.8) is 0 Å². The van der Waals surface area contributed by atoms with Crippen LogP contribution in [0.4, 0.5) is 13.2 Å². The van der Waals surface area contributed by atoms with E-state index in [1.807, 2.05) is 42.5 Å². The molecule has 0 saturated heterocycles. The average Bonchev–Trinajstić information content (AvgIpc) is 2.58. The lowest BCUT2D eigenvalue weighted by atomic mass is 10.0. The Morgan fingerprint density at radius 3 is 2.12 bits per heavy atom. The van der Waals surface area contributed by atoms with Crippen LogP contribution in [0.5, 0.6) is 0 Å². The molecule has 3 aromatic carbocycles. The van der Waals surface area contributed by atoms with Crippen molar-refractivity contribution >= 4 is 16.5 Å². The van der Waals surface area contributed by atoms with Crippen molar-refractivity contribution in [2.45, 2.75) is 19.1 Å². The lowest BCUT2D eigenvalue weighted by Crippen LogP contribution is -2.24. The first kappa shape index (κ1) is 16.2. The molecule has 24 heavy (non-hydrogen) atoms. The highest BCUT2D eigenvalue weighted by Gasteiger charge is 2.37. The van der Waals surface area contributed by atoms with E-state index in [-0.39, 0.29) is 5.56 Å². The highest BCUT2D eigenvalue weighted by Crippen LogP contribution is 2.28. The van der Waals surface area contributed by atoms with Crippen molar-refractivity contribution in [2.24, 2.45) is 4.99 Å². The van der Waals surface area contributed by atoms with Crippen molar-refractivity contribution in [2.75, 3.05) is 0 Å². The molecule has 0 saturated carbocycles. The van der Waals surface area contributed by atoms with E-state index in [0.717, 1.165) is 16.3 Å². The first-order valence-electron chi connectivity index (χ1n) is 7.64. The van der Waals surface area contributed by atoms with Gasteiger partial charge >= 0.3 is 6.18 Å². The summed E-state index contributed by atoms with van der Waals surface area (Å²) in [5.41, 5.74) is -0.00669. The van der Waals surface area contributed by atoms with Gasteiger partial charge in [0.25, 0.3) is 0 Å². The molecule has 4 heteroatoms. The van der Waals surface area contributed by atoms with Crippen LogP contribution in [-0.2, 0) is 0 Å². The molecule has 0 fully saturated rings. The fourth-order valence-corrected chi connectivity index (χ4v) is 2.64. The molecule has 3 rings (SSSR count). The number of aliphatic imine (C=N–C) groups is 1. The second kappa shape index (κ2) is 6.48. The summed E-state index contributed by atoms with van der Waals surface area (Å²) in [5.74, 6) is 0. The standard InChI is InChI=1S/C20H16F3N/c1-14(17-12-11-15-7-5-6-10-18(15)13-17)24-19(20(21,22)23)16-8-3-2-4-9-16/h2-14H,1H3. The van der Waals surface area contributed by atoms with Gasteiger partial charge in [-0.15, -0.1) is 0 Å². The van der Waals surface area contributed by atoms with Gasteiger partial charge in [0.2, 0.25) is 0 Å². The highest BCUT2D eigenvalue weighted by atomic mass is 19.4. The van der Waals surface area contributed by atoms with E-state index in [0.29, 0.717) is 0 Å². The van der Waals surface area contributed by atoms with E-state index in [2.05, 4.69) is 4.99 Å². The average molecular weight is 327 g/mol. The van der Waals surface area contributed by atoms with Gasteiger partial charge in [0.1, 0.15) is 5.71 Å². The molecule has 0 N–H and O–H groups in total. The monoisotopic (exact) mass is 327 g/mol. The van der Waals surface area contributed by atoms with Gasteiger partial charge in [0.05, 0.1) is 6.04 Å². The van der Waals surface area contributed by atoms with Gasteiger partial charge in [-0.1, -0.05) is 66.7 Å². The van der Waals surface area contributed by atoms with Gasteiger partial charge in [-0.2, -0.15) is 13.2 Å². The Morgan fingerprint density at radius 1 is 0.833 bits per heavy atom. The Kier molecular flexibility index (Phi) is 4.38. The summed E-state index contributed by atoms with van der Waals surface area (Å²) in [6.45, 7) is 1.68. The third kappa shape index (κ3) is 3.48. The lowest BCUT2D eigenvalue weighted by molar-refractivity contribution is -0.0584.